The van der Waals surface area contributed by atoms with Crippen molar-refractivity contribution in [3.8, 4) is 0 Å². The predicted octanol–water partition coefficient (Wildman–Crippen LogP) is 2.70. The van der Waals surface area contributed by atoms with Gasteiger partial charge in [-0.1, -0.05) is 18.2 Å². The van der Waals surface area contributed by atoms with Crippen molar-refractivity contribution in [2.45, 2.75) is 19.1 Å². The molecule has 0 unspecified atom stereocenters. The van der Waals surface area contributed by atoms with E-state index in [1.165, 1.54) is 11.9 Å². The molecule has 16 heavy (non-hydrogen) atoms. The number of hydrogen-bond donors (Lipinski definition) is 1. The Morgan fingerprint density at radius 2 is 1.88 bits per heavy atom. The van der Waals surface area contributed by atoms with E-state index < -0.39 is 12.7 Å². The zero-order valence-electron chi connectivity index (χ0n) is 9.25. The Kier molecular flexibility index (Phi) is 3.80. The maximum Gasteiger partial charge on any atom is 0.405 e. The second-order valence-corrected chi connectivity index (χ2v) is 3.82. The number of nitrogens with zero attached hydrogens (tertiary/aromatic N) is 1. The molecule has 1 aromatic carbocycles. The lowest BCUT2D eigenvalue weighted by Crippen LogP contribution is -2.32. The van der Waals surface area contributed by atoms with Crippen LogP contribution in [-0.4, -0.2) is 19.8 Å². The van der Waals surface area contributed by atoms with Crippen LogP contribution in [0.5, 0.6) is 0 Å². The summed E-state index contributed by atoms with van der Waals surface area (Å²) in [5.74, 6) is 0. The summed E-state index contributed by atoms with van der Waals surface area (Å²) in [5.41, 5.74) is 6.95. The standard InChI is InChI=1S/C11H15F3N2/c1-8(15)9-5-3-4-6-10(9)16(2)7-11(12,13)14/h3-6,8H,7,15H2,1-2H3/t8-/m0/s1. The minimum Gasteiger partial charge on any atom is -0.365 e. The van der Waals surface area contributed by atoms with Crippen LogP contribution >= 0.6 is 0 Å². The van der Waals surface area contributed by atoms with Crippen LogP contribution in [0.15, 0.2) is 24.3 Å². The van der Waals surface area contributed by atoms with E-state index in [2.05, 4.69) is 0 Å². The fraction of sp³-hybridized carbons (Fsp3) is 0.455. The third kappa shape index (κ3) is 3.41. The van der Waals surface area contributed by atoms with E-state index >= 15 is 0 Å². The van der Waals surface area contributed by atoms with Crippen LogP contribution in [0, 0.1) is 0 Å². The summed E-state index contributed by atoms with van der Waals surface area (Å²) >= 11 is 0. The van der Waals surface area contributed by atoms with Crippen LogP contribution in [0.25, 0.3) is 0 Å². The molecule has 1 rings (SSSR count). The van der Waals surface area contributed by atoms with E-state index in [0.717, 1.165) is 0 Å². The van der Waals surface area contributed by atoms with Crippen molar-refractivity contribution >= 4 is 5.69 Å². The van der Waals surface area contributed by atoms with Gasteiger partial charge in [-0.15, -0.1) is 0 Å². The van der Waals surface area contributed by atoms with Gasteiger partial charge in [-0.3, -0.25) is 0 Å². The maximum atomic E-state index is 12.3. The second-order valence-electron chi connectivity index (χ2n) is 3.82. The summed E-state index contributed by atoms with van der Waals surface area (Å²) < 4.78 is 36.8. The molecule has 0 amide bonds. The van der Waals surface area contributed by atoms with Gasteiger partial charge in [0.1, 0.15) is 6.54 Å². The molecule has 1 aromatic rings. The summed E-state index contributed by atoms with van der Waals surface area (Å²) in [7, 11) is 1.41. The molecular formula is C11H15F3N2. The highest BCUT2D eigenvalue weighted by Crippen LogP contribution is 2.26. The highest BCUT2D eigenvalue weighted by atomic mass is 19.4. The van der Waals surface area contributed by atoms with Gasteiger partial charge >= 0.3 is 6.18 Å². The molecular weight excluding hydrogens is 217 g/mol. The average Bonchev–Trinajstić information content (AvgIpc) is 2.15. The molecule has 5 heteroatoms. The summed E-state index contributed by atoms with van der Waals surface area (Å²) in [5, 5.41) is 0. The third-order valence-corrected chi connectivity index (χ3v) is 2.26. The van der Waals surface area contributed by atoms with Crippen LogP contribution in [-0.2, 0) is 0 Å². The van der Waals surface area contributed by atoms with Crippen molar-refractivity contribution in [3.63, 3.8) is 0 Å². The molecule has 2 nitrogen and oxygen atoms in total. The monoisotopic (exact) mass is 232 g/mol. The van der Waals surface area contributed by atoms with Crippen LogP contribution in [0.3, 0.4) is 0 Å². The van der Waals surface area contributed by atoms with Crippen LogP contribution in [0.2, 0.25) is 0 Å². The highest BCUT2D eigenvalue weighted by Gasteiger charge is 2.30. The molecule has 0 saturated carbocycles. The molecule has 0 heterocycles. The summed E-state index contributed by atoms with van der Waals surface area (Å²) in [6.07, 6.45) is -4.21. The summed E-state index contributed by atoms with van der Waals surface area (Å²) in [4.78, 5) is 1.17. The van der Waals surface area contributed by atoms with Crippen molar-refractivity contribution in [1.82, 2.24) is 0 Å². The minimum absolute atomic E-state index is 0.285. The summed E-state index contributed by atoms with van der Waals surface area (Å²) in [6.45, 7) is 0.775. The zero-order chi connectivity index (χ0) is 12.3. The Balaban J connectivity index is 2.95. The Morgan fingerprint density at radius 1 is 1.31 bits per heavy atom. The molecule has 0 aliphatic rings. The Labute approximate surface area is 92.9 Å². The largest absolute Gasteiger partial charge is 0.405 e. The molecule has 0 aliphatic carbocycles. The number of benzene rings is 1. The van der Waals surface area contributed by atoms with Gasteiger partial charge in [0.05, 0.1) is 0 Å². The first-order valence-electron chi connectivity index (χ1n) is 4.93. The molecule has 0 fully saturated rings. The number of anilines is 1. The number of para-hydroxylation sites is 1. The van der Waals surface area contributed by atoms with Gasteiger partial charge in [-0.25, -0.2) is 0 Å². The van der Waals surface area contributed by atoms with Crippen molar-refractivity contribution in [2.24, 2.45) is 5.73 Å². The number of hydrogen-bond acceptors (Lipinski definition) is 2. The van der Waals surface area contributed by atoms with Gasteiger partial charge in [0, 0.05) is 18.8 Å². The van der Waals surface area contributed by atoms with Crippen molar-refractivity contribution in [2.75, 3.05) is 18.5 Å². The fourth-order valence-electron chi connectivity index (χ4n) is 1.57. The maximum absolute atomic E-state index is 12.3. The van der Waals surface area contributed by atoms with E-state index in [1.807, 2.05) is 0 Å². The number of nitrogens with two attached hydrogens (primary N) is 1. The van der Waals surface area contributed by atoms with Gasteiger partial charge in [0.2, 0.25) is 0 Å². The normalized spacial score (nSPS) is 13.6. The topological polar surface area (TPSA) is 29.3 Å². The molecule has 0 saturated heterocycles. The quantitative estimate of drug-likeness (QED) is 0.868. The fourth-order valence-corrected chi connectivity index (χ4v) is 1.57. The van der Waals surface area contributed by atoms with Gasteiger partial charge in [-0.05, 0) is 18.6 Å². The van der Waals surface area contributed by atoms with Crippen LogP contribution in [0.4, 0.5) is 18.9 Å². The third-order valence-electron chi connectivity index (χ3n) is 2.26. The molecule has 0 radical (unpaired) electrons. The number of halogens is 3. The Bertz CT molecular complexity index is 347. The lowest BCUT2D eigenvalue weighted by Gasteiger charge is -2.24. The van der Waals surface area contributed by atoms with Gasteiger partial charge in [-0.2, -0.15) is 13.2 Å². The summed E-state index contributed by atoms with van der Waals surface area (Å²) in [6, 6.07) is 6.57. The first kappa shape index (κ1) is 12.8. The van der Waals surface area contributed by atoms with Gasteiger partial charge in [0.25, 0.3) is 0 Å². The number of rotatable bonds is 3. The van der Waals surface area contributed by atoms with E-state index in [1.54, 1.807) is 31.2 Å². The Hall–Kier alpha value is -1.23. The van der Waals surface area contributed by atoms with E-state index in [0.29, 0.717) is 11.3 Å². The van der Waals surface area contributed by atoms with Crippen molar-refractivity contribution < 1.29 is 13.2 Å². The molecule has 0 spiro atoms. The predicted molar refractivity (Wildman–Crippen MR) is 58.4 cm³/mol. The van der Waals surface area contributed by atoms with Gasteiger partial charge in [0.15, 0.2) is 0 Å². The van der Waals surface area contributed by atoms with Crippen LogP contribution in [0.1, 0.15) is 18.5 Å². The molecule has 0 bridgehead atoms. The van der Waals surface area contributed by atoms with Gasteiger partial charge < -0.3 is 10.6 Å². The highest BCUT2D eigenvalue weighted by molar-refractivity contribution is 5.54. The van der Waals surface area contributed by atoms with Crippen molar-refractivity contribution in [3.05, 3.63) is 29.8 Å². The first-order valence-corrected chi connectivity index (χ1v) is 4.93. The lowest BCUT2D eigenvalue weighted by atomic mass is 10.1. The molecule has 1 atom stereocenters. The SMILES string of the molecule is C[C@H](N)c1ccccc1N(C)CC(F)(F)F. The molecule has 0 aromatic heterocycles. The smallest absolute Gasteiger partial charge is 0.365 e. The second kappa shape index (κ2) is 4.74. The molecule has 90 valence electrons. The minimum atomic E-state index is -4.21. The molecule has 2 N–H and O–H groups in total. The molecule has 0 aliphatic heterocycles. The van der Waals surface area contributed by atoms with Crippen LogP contribution < -0.4 is 10.6 Å². The van der Waals surface area contributed by atoms with Crippen molar-refractivity contribution in [1.29, 1.82) is 0 Å². The number of alkyl halides is 3. The van der Waals surface area contributed by atoms with E-state index in [4.69, 9.17) is 5.73 Å². The lowest BCUT2D eigenvalue weighted by molar-refractivity contribution is -0.119. The zero-order valence-corrected chi connectivity index (χ0v) is 9.25. The van der Waals surface area contributed by atoms with E-state index in [-0.39, 0.29) is 6.04 Å². The Morgan fingerprint density at radius 3 is 2.38 bits per heavy atom. The first-order chi connectivity index (χ1) is 7.31. The van der Waals surface area contributed by atoms with E-state index in [9.17, 15) is 13.2 Å². The average molecular weight is 232 g/mol.